The van der Waals surface area contributed by atoms with Crippen LogP contribution in [0.5, 0.6) is 0 Å². The Kier molecular flexibility index (Phi) is 4.89. The van der Waals surface area contributed by atoms with E-state index in [4.69, 9.17) is 11.6 Å². The van der Waals surface area contributed by atoms with Crippen molar-refractivity contribution in [2.75, 3.05) is 10.8 Å². The molecule has 0 heterocycles. The minimum atomic E-state index is -4.07. The average molecular weight is 390 g/mol. The van der Waals surface area contributed by atoms with Gasteiger partial charge >= 0.3 is 5.97 Å². The van der Waals surface area contributed by atoms with E-state index < -0.39 is 22.5 Å². The molecule has 0 spiro atoms. The molecule has 0 aliphatic rings. The Morgan fingerprint density at radius 1 is 1.04 bits per heavy atom. The number of aliphatic carboxylic acids is 1. The highest BCUT2D eigenvalue weighted by Crippen LogP contribution is 2.30. The molecular weight excluding hydrogens is 374 g/mol. The number of aryl methyl sites for hydroxylation is 1. The van der Waals surface area contributed by atoms with E-state index in [-0.39, 0.29) is 10.6 Å². The van der Waals surface area contributed by atoms with Gasteiger partial charge in [-0.05, 0) is 53.6 Å². The summed E-state index contributed by atoms with van der Waals surface area (Å²) in [4.78, 5) is 11.4. The first-order valence-corrected chi connectivity index (χ1v) is 9.60. The molecule has 0 aliphatic heterocycles. The molecule has 0 fully saturated rings. The van der Waals surface area contributed by atoms with E-state index in [0.717, 1.165) is 15.1 Å². The summed E-state index contributed by atoms with van der Waals surface area (Å²) in [6, 6.07) is 16.8. The van der Waals surface area contributed by atoms with Gasteiger partial charge in [0.15, 0.2) is 0 Å². The van der Waals surface area contributed by atoms with Crippen molar-refractivity contribution in [1.29, 1.82) is 0 Å². The van der Waals surface area contributed by atoms with Crippen molar-refractivity contribution < 1.29 is 18.3 Å². The zero-order valence-electron chi connectivity index (χ0n) is 13.9. The smallest absolute Gasteiger partial charge is 0.324 e. The van der Waals surface area contributed by atoms with Gasteiger partial charge in [-0.3, -0.25) is 9.10 Å². The predicted octanol–water partition coefficient (Wildman–Crippen LogP) is 4.08. The minimum absolute atomic E-state index is 0.0341. The number of carboxylic acid groups (broad SMARTS) is 1. The Hall–Kier alpha value is -2.57. The van der Waals surface area contributed by atoms with Crippen LogP contribution in [0.15, 0.2) is 65.6 Å². The van der Waals surface area contributed by atoms with Crippen molar-refractivity contribution in [2.45, 2.75) is 11.8 Å². The van der Waals surface area contributed by atoms with Crippen LogP contribution in [0.4, 0.5) is 5.69 Å². The van der Waals surface area contributed by atoms with Crippen LogP contribution in [-0.4, -0.2) is 26.0 Å². The summed E-state index contributed by atoms with van der Waals surface area (Å²) in [7, 11) is -4.07. The summed E-state index contributed by atoms with van der Waals surface area (Å²) in [5.74, 6) is -1.25. The average Bonchev–Trinajstić information content (AvgIpc) is 2.59. The number of benzene rings is 3. The summed E-state index contributed by atoms with van der Waals surface area (Å²) in [5, 5.41) is 11.4. The summed E-state index contributed by atoms with van der Waals surface area (Å²) in [6.45, 7) is 1.00. The molecule has 0 aliphatic carbocycles. The Morgan fingerprint density at radius 2 is 1.73 bits per heavy atom. The van der Waals surface area contributed by atoms with Crippen LogP contribution in [0.1, 0.15) is 5.56 Å². The van der Waals surface area contributed by atoms with Crippen molar-refractivity contribution in [3.8, 4) is 0 Å². The highest BCUT2D eigenvalue weighted by atomic mass is 35.5. The monoisotopic (exact) mass is 389 g/mol. The van der Waals surface area contributed by atoms with Crippen molar-refractivity contribution in [3.05, 3.63) is 71.2 Å². The van der Waals surface area contributed by atoms with Crippen LogP contribution < -0.4 is 4.31 Å². The van der Waals surface area contributed by atoms with Crippen LogP contribution in [0.3, 0.4) is 0 Å². The van der Waals surface area contributed by atoms with Crippen molar-refractivity contribution >= 4 is 44.1 Å². The number of anilines is 1. The third kappa shape index (κ3) is 3.52. The molecule has 26 heavy (non-hydrogen) atoms. The highest BCUT2D eigenvalue weighted by Gasteiger charge is 2.28. The van der Waals surface area contributed by atoms with Crippen LogP contribution in [-0.2, 0) is 14.8 Å². The van der Waals surface area contributed by atoms with Crippen LogP contribution in [0.2, 0.25) is 5.02 Å². The molecule has 1 N–H and O–H groups in total. The largest absolute Gasteiger partial charge is 0.480 e. The van der Waals surface area contributed by atoms with E-state index in [1.807, 2.05) is 24.3 Å². The second kappa shape index (κ2) is 6.97. The van der Waals surface area contributed by atoms with Gasteiger partial charge in [0, 0.05) is 5.02 Å². The third-order valence-electron chi connectivity index (χ3n) is 4.02. The normalized spacial score (nSPS) is 11.5. The van der Waals surface area contributed by atoms with E-state index in [1.54, 1.807) is 25.1 Å². The lowest BCUT2D eigenvalue weighted by Gasteiger charge is -2.24. The van der Waals surface area contributed by atoms with Crippen LogP contribution in [0.25, 0.3) is 10.8 Å². The first-order valence-electron chi connectivity index (χ1n) is 7.78. The Morgan fingerprint density at radius 3 is 2.38 bits per heavy atom. The molecule has 5 nitrogen and oxygen atoms in total. The Balaban J connectivity index is 2.15. The molecule has 0 unspecified atom stereocenters. The first-order chi connectivity index (χ1) is 12.3. The fourth-order valence-electron chi connectivity index (χ4n) is 2.78. The maximum Gasteiger partial charge on any atom is 0.324 e. The summed E-state index contributed by atoms with van der Waals surface area (Å²) in [5.41, 5.74) is 0.855. The number of carbonyl (C=O) groups is 1. The molecular formula is C19H16ClNO4S. The quantitative estimate of drug-likeness (QED) is 0.713. The van der Waals surface area contributed by atoms with E-state index in [0.29, 0.717) is 10.6 Å². The lowest BCUT2D eigenvalue weighted by Crippen LogP contribution is -2.36. The topological polar surface area (TPSA) is 74.7 Å². The molecule has 0 radical (unpaired) electrons. The van der Waals surface area contributed by atoms with Gasteiger partial charge in [0.05, 0.1) is 10.6 Å². The van der Waals surface area contributed by atoms with Crippen molar-refractivity contribution in [1.82, 2.24) is 0 Å². The van der Waals surface area contributed by atoms with Gasteiger partial charge in [0.1, 0.15) is 6.54 Å². The second-order valence-electron chi connectivity index (χ2n) is 5.85. The number of nitrogens with zero attached hydrogens (tertiary/aromatic N) is 1. The number of carboxylic acids is 1. The van der Waals surface area contributed by atoms with E-state index >= 15 is 0 Å². The zero-order valence-corrected chi connectivity index (χ0v) is 15.5. The third-order valence-corrected chi connectivity index (χ3v) is 6.01. The van der Waals surface area contributed by atoms with Crippen molar-refractivity contribution in [2.24, 2.45) is 0 Å². The number of fused-ring (bicyclic) bond motifs is 1. The van der Waals surface area contributed by atoms with Crippen LogP contribution in [0, 0.1) is 6.92 Å². The lowest BCUT2D eigenvalue weighted by molar-refractivity contribution is -0.135. The van der Waals surface area contributed by atoms with Gasteiger partial charge in [-0.25, -0.2) is 8.42 Å². The van der Waals surface area contributed by atoms with Gasteiger partial charge in [-0.15, -0.1) is 0 Å². The van der Waals surface area contributed by atoms with Gasteiger partial charge in [0.25, 0.3) is 10.0 Å². The van der Waals surface area contributed by atoms with E-state index in [2.05, 4.69) is 0 Å². The van der Waals surface area contributed by atoms with E-state index in [1.165, 1.54) is 18.2 Å². The number of sulfonamides is 1. The Bertz CT molecular complexity index is 1100. The summed E-state index contributed by atoms with van der Waals surface area (Å²) < 4.78 is 27.3. The summed E-state index contributed by atoms with van der Waals surface area (Å²) >= 11 is 5.94. The van der Waals surface area contributed by atoms with Gasteiger partial charge in [0.2, 0.25) is 0 Å². The zero-order chi connectivity index (χ0) is 18.9. The van der Waals surface area contributed by atoms with E-state index in [9.17, 15) is 18.3 Å². The standard InChI is InChI=1S/C19H16ClNO4S/c1-13-10-16(20)7-9-18(13)21(12-19(22)23)26(24,25)17-8-6-14-4-2-3-5-15(14)11-17/h2-11H,12H2,1H3,(H,22,23). The molecule has 3 rings (SSSR count). The van der Waals surface area contributed by atoms with Gasteiger partial charge in [-0.1, -0.05) is 41.9 Å². The molecule has 7 heteroatoms. The van der Waals surface area contributed by atoms with Crippen LogP contribution >= 0.6 is 11.6 Å². The number of hydrogen-bond acceptors (Lipinski definition) is 3. The first kappa shape index (κ1) is 18.2. The lowest BCUT2D eigenvalue weighted by atomic mass is 10.1. The molecule has 0 amide bonds. The molecule has 134 valence electrons. The molecule has 0 atom stereocenters. The molecule has 0 saturated heterocycles. The molecule has 0 saturated carbocycles. The maximum absolute atomic E-state index is 13.2. The Labute approximate surface area is 156 Å². The number of hydrogen-bond donors (Lipinski definition) is 1. The van der Waals surface area contributed by atoms with Gasteiger partial charge < -0.3 is 5.11 Å². The molecule has 0 bridgehead atoms. The highest BCUT2D eigenvalue weighted by molar-refractivity contribution is 7.92. The SMILES string of the molecule is Cc1cc(Cl)ccc1N(CC(=O)O)S(=O)(=O)c1ccc2ccccc2c1. The molecule has 3 aromatic rings. The van der Waals surface area contributed by atoms with Gasteiger partial charge in [-0.2, -0.15) is 0 Å². The second-order valence-corrected chi connectivity index (χ2v) is 8.14. The predicted molar refractivity (Wildman–Crippen MR) is 102 cm³/mol. The van der Waals surface area contributed by atoms with Crippen molar-refractivity contribution in [3.63, 3.8) is 0 Å². The molecule has 0 aromatic heterocycles. The minimum Gasteiger partial charge on any atom is -0.480 e. The fraction of sp³-hybridized carbons (Fsp3) is 0.105. The molecule has 3 aromatic carbocycles. The number of halogens is 1. The maximum atomic E-state index is 13.2. The number of rotatable bonds is 5. The summed E-state index contributed by atoms with van der Waals surface area (Å²) in [6.07, 6.45) is 0. The fourth-order valence-corrected chi connectivity index (χ4v) is 4.52.